The van der Waals surface area contributed by atoms with Crippen LogP contribution in [-0.4, -0.2) is 15.2 Å². The Hall–Kier alpha value is -1.60. The second kappa shape index (κ2) is 3.21. The van der Waals surface area contributed by atoms with E-state index < -0.39 is 10.6 Å². The Bertz CT molecular complexity index is 567. The lowest BCUT2D eigenvalue weighted by Crippen LogP contribution is -2.28. The van der Waals surface area contributed by atoms with E-state index in [0.717, 1.165) is 0 Å². The molecule has 0 aliphatic carbocycles. The molecule has 15 heavy (non-hydrogen) atoms. The zero-order valence-electron chi connectivity index (χ0n) is 6.90. The summed E-state index contributed by atoms with van der Waals surface area (Å²) < 4.78 is 0. The summed E-state index contributed by atoms with van der Waals surface area (Å²) >= 11 is 11.3. The SMILES string of the molecule is O=[N+]([O-])c1c(Cl)cc2[nH]n[n+]([O-])c2c1Cl. The van der Waals surface area contributed by atoms with Gasteiger partial charge in [-0.1, -0.05) is 23.2 Å². The molecule has 0 atom stereocenters. The van der Waals surface area contributed by atoms with E-state index in [1.807, 2.05) is 0 Å². The largest absolute Gasteiger partial charge is 0.691 e. The van der Waals surface area contributed by atoms with Crippen LogP contribution >= 0.6 is 23.2 Å². The van der Waals surface area contributed by atoms with Gasteiger partial charge < -0.3 is 5.21 Å². The number of rotatable bonds is 1. The highest BCUT2D eigenvalue weighted by Gasteiger charge is 2.26. The summed E-state index contributed by atoms with van der Waals surface area (Å²) in [6, 6.07) is 1.22. The Balaban J connectivity index is 2.93. The van der Waals surface area contributed by atoms with Crippen molar-refractivity contribution in [3.8, 4) is 0 Å². The summed E-state index contributed by atoms with van der Waals surface area (Å²) in [4.78, 5) is 10.0. The summed E-state index contributed by atoms with van der Waals surface area (Å²) in [5, 5.41) is 26.9. The number of hydrogen-bond acceptors (Lipinski definition) is 4. The van der Waals surface area contributed by atoms with E-state index in [0.29, 0.717) is 0 Å². The minimum Gasteiger partial charge on any atom is -0.691 e. The summed E-state index contributed by atoms with van der Waals surface area (Å²) in [6.45, 7) is 0. The Kier molecular flexibility index (Phi) is 2.13. The van der Waals surface area contributed by atoms with Gasteiger partial charge in [0, 0.05) is 6.07 Å². The molecular weight excluding hydrogens is 247 g/mol. The van der Waals surface area contributed by atoms with E-state index >= 15 is 0 Å². The minimum absolute atomic E-state index is 0.104. The minimum atomic E-state index is -0.753. The van der Waals surface area contributed by atoms with Crippen LogP contribution in [0.4, 0.5) is 5.69 Å². The fourth-order valence-electron chi connectivity index (χ4n) is 1.19. The molecule has 0 aliphatic heterocycles. The number of aromatic nitrogens is 3. The lowest BCUT2D eigenvalue weighted by Gasteiger charge is -1.98. The molecule has 0 saturated heterocycles. The number of benzene rings is 1. The maximum absolute atomic E-state index is 11.1. The first-order valence-corrected chi connectivity index (χ1v) is 4.38. The summed E-state index contributed by atoms with van der Waals surface area (Å²) in [5.41, 5.74) is -0.366. The highest BCUT2D eigenvalue weighted by atomic mass is 35.5. The van der Waals surface area contributed by atoms with E-state index in [9.17, 15) is 15.3 Å². The Morgan fingerprint density at radius 3 is 2.80 bits per heavy atom. The molecule has 0 bridgehead atoms. The number of fused-ring (bicyclic) bond motifs is 1. The van der Waals surface area contributed by atoms with Crippen LogP contribution in [0.25, 0.3) is 11.0 Å². The van der Waals surface area contributed by atoms with Crippen molar-refractivity contribution in [2.45, 2.75) is 0 Å². The molecule has 0 spiro atoms. The third-order valence-electron chi connectivity index (χ3n) is 1.80. The molecule has 0 unspecified atom stereocenters. The highest BCUT2D eigenvalue weighted by molar-refractivity contribution is 6.41. The number of nitrogens with zero attached hydrogens (tertiary/aromatic N) is 3. The molecule has 1 aromatic heterocycles. The molecule has 2 rings (SSSR count). The van der Waals surface area contributed by atoms with Gasteiger partial charge in [0.2, 0.25) is 5.52 Å². The van der Waals surface area contributed by atoms with Crippen LogP contribution in [0.2, 0.25) is 10.0 Å². The number of hydrogen-bond donors (Lipinski definition) is 1. The summed E-state index contributed by atoms with van der Waals surface area (Å²) in [5.74, 6) is 0. The number of aromatic amines is 1. The Morgan fingerprint density at radius 1 is 1.53 bits per heavy atom. The predicted octanol–water partition coefficient (Wildman–Crippen LogP) is 1.41. The quantitative estimate of drug-likeness (QED) is 0.357. The van der Waals surface area contributed by atoms with Gasteiger partial charge in [0.15, 0.2) is 10.5 Å². The first-order chi connectivity index (χ1) is 7.02. The van der Waals surface area contributed by atoms with Gasteiger partial charge in [0.25, 0.3) is 0 Å². The third-order valence-corrected chi connectivity index (χ3v) is 2.45. The maximum Gasteiger partial charge on any atom is 0.311 e. The predicted molar refractivity (Wildman–Crippen MR) is 51.7 cm³/mol. The molecule has 0 saturated carbocycles. The van der Waals surface area contributed by atoms with E-state index in [4.69, 9.17) is 23.2 Å². The Morgan fingerprint density at radius 2 is 2.20 bits per heavy atom. The van der Waals surface area contributed by atoms with Crippen LogP contribution in [0.15, 0.2) is 6.07 Å². The summed E-state index contributed by atoms with van der Waals surface area (Å²) in [6.07, 6.45) is 0. The average Bonchev–Trinajstić information content (AvgIpc) is 2.46. The lowest BCUT2D eigenvalue weighted by atomic mass is 10.3. The zero-order valence-corrected chi connectivity index (χ0v) is 8.41. The van der Waals surface area contributed by atoms with Gasteiger partial charge in [0.05, 0.1) is 10.1 Å². The molecule has 0 radical (unpaired) electrons. The van der Waals surface area contributed by atoms with Gasteiger partial charge in [-0.05, 0) is 0 Å². The van der Waals surface area contributed by atoms with Gasteiger partial charge in [-0.2, -0.15) is 0 Å². The van der Waals surface area contributed by atoms with Crippen LogP contribution in [0.1, 0.15) is 0 Å². The van der Waals surface area contributed by atoms with Crippen molar-refractivity contribution in [1.29, 1.82) is 0 Å². The number of H-pyrrole nitrogens is 1. The monoisotopic (exact) mass is 248 g/mol. The van der Waals surface area contributed by atoms with Crippen molar-refractivity contribution in [3.05, 3.63) is 31.4 Å². The number of halogens is 2. The highest BCUT2D eigenvalue weighted by Crippen LogP contribution is 2.36. The van der Waals surface area contributed by atoms with Crippen LogP contribution in [-0.2, 0) is 0 Å². The van der Waals surface area contributed by atoms with Gasteiger partial charge in [-0.25, -0.2) is 0 Å². The van der Waals surface area contributed by atoms with Crippen LogP contribution in [0, 0.1) is 15.3 Å². The van der Waals surface area contributed by atoms with Crippen LogP contribution in [0.3, 0.4) is 0 Å². The van der Waals surface area contributed by atoms with E-state index in [2.05, 4.69) is 10.3 Å². The normalized spacial score (nSPS) is 10.8. The fourth-order valence-corrected chi connectivity index (χ4v) is 1.85. The molecule has 7 nitrogen and oxygen atoms in total. The van der Waals surface area contributed by atoms with Gasteiger partial charge in [-0.3, -0.25) is 10.1 Å². The second-order valence-corrected chi connectivity index (χ2v) is 3.44. The first kappa shape index (κ1) is 9.94. The number of nitro benzene ring substituents is 1. The van der Waals surface area contributed by atoms with Crippen LogP contribution < -0.4 is 4.85 Å². The van der Waals surface area contributed by atoms with E-state index in [1.54, 1.807) is 0 Å². The molecule has 0 aliphatic rings. The van der Waals surface area contributed by atoms with Crippen molar-refractivity contribution in [2.75, 3.05) is 0 Å². The van der Waals surface area contributed by atoms with Crippen molar-refractivity contribution >= 4 is 39.9 Å². The topological polar surface area (TPSA) is 98.8 Å². The molecule has 1 N–H and O–H groups in total. The fraction of sp³-hybridized carbons (Fsp3) is 0. The van der Waals surface area contributed by atoms with Crippen LogP contribution in [0.5, 0.6) is 0 Å². The van der Waals surface area contributed by atoms with Crippen molar-refractivity contribution in [3.63, 3.8) is 0 Å². The van der Waals surface area contributed by atoms with Gasteiger partial charge in [-0.15, -0.1) is 9.94 Å². The molecule has 78 valence electrons. The zero-order chi connectivity index (χ0) is 11.2. The average molecular weight is 249 g/mol. The molecule has 1 heterocycles. The molecule has 2 aromatic rings. The number of nitrogens with one attached hydrogen (secondary N) is 1. The molecule has 0 fully saturated rings. The molecule has 9 heteroatoms. The first-order valence-electron chi connectivity index (χ1n) is 3.62. The molecule has 1 aromatic carbocycles. The smallest absolute Gasteiger partial charge is 0.311 e. The van der Waals surface area contributed by atoms with Gasteiger partial charge >= 0.3 is 5.69 Å². The van der Waals surface area contributed by atoms with E-state index in [1.165, 1.54) is 6.07 Å². The van der Waals surface area contributed by atoms with E-state index in [-0.39, 0.29) is 25.9 Å². The lowest BCUT2D eigenvalue weighted by molar-refractivity contribution is -0.644. The second-order valence-electron chi connectivity index (χ2n) is 2.66. The van der Waals surface area contributed by atoms with Crippen molar-refractivity contribution < 1.29 is 9.77 Å². The summed E-state index contributed by atoms with van der Waals surface area (Å²) in [7, 11) is 0. The van der Waals surface area contributed by atoms with Crippen molar-refractivity contribution in [1.82, 2.24) is 10.3 Å². The maximum atomic E-state index is 11.1. The third kappa shape index (κ3) is 1.36. The van der Waals surface area contributed by atoms with Gasteiger partial charge in [0.1, 0.15) is 5.02 Å². The standard InChI is InChI=1S/C6H2Cl2N4O3/c7-2-1-3-6(11(13)10-9-3)4(8)5(2)12(14)15/h1,9H. The van der Waals surface area contributed by atoms with Crippen molar-refractivity contribution in [2.24, 2.45) is 0 Å². The molecule has 0 amide bonds. The number of nitro groups is 1. The Labute approximate surface area is 91.9 Å². The molecular formula is C6H2Cl2N4O3.